The lowest BCUT2D eigenvalue weighted by molar-refractivity contribution is -0.140. The third-order valence-corrected chi connectivity index (χ3v) is 2.94. The van der Waals surface area contributed by atoms with E-state index in [0.717, 1.165) is 6.07 Å². The molecule has 4 nitrogen and oxygen atoms in total. The molecule has 0 bridgehead atoms. The highest BCUT2D eigenvalue weighted by Gasteiger charge is 2.34. The van der Waals surface area contributed by atoms with Gasteiger partial charge >= 0.3 is 6.18 Å². The minimum atomic E-state index is -4.52. The van der Waals surface area contributed by atoms with Crippen LogP contribution < -0.4 is 15.4 Å². The molecule has 0 spiro atoms. The predicted octanol–water partition coefficient (Wildman–Crippen LogP) is 2.62. The Morgan fingerprint density at radius 3 is 2.41 bits per heavy atom. The van der Waals surface area contributed by atoms with E-state index in [1.807, 2.05) is 6.92 Å². The van der Waals surface area contributed by atoms with Crippen molar-refractivity contribution in [3.05, 3.63) is 29.8 Å². The third-order valence-electron chi connectivity index (χ3n) is 2.94. The summed E-state index contributed by atoms with van der Waals surface area (Å²) in [6.45, 7) is 3.64. The number of amides is 1. The summed E-state index contributed by atoms with van der Waals surface area (Å²) in [5.74, 6) is -0.816. The van der Waals surface area contributed by atoms with E-state index in [-0.39, 0.29) is 24.2 Å². The van der Waals surface area contributed by atoms with Crippen molar-refractivity contribution in [2.75, 3.05) is 13.6 Å². The van der Waals surface area contributed by atoms with Gasteiger partial charge in [0.25, 0.3) is 5.91 Å². The van der Waals surface area contributed by atoms with Crippen molar-refractivity contribution >= 4 is 18.3 Å². The molecule has 0 saturated carbocycles. The molecule has 0 aliphatic heterocycles. The number of carbonyl (C=O) groups excluding carboxylic acids is 1. The van der Waals surface area contributed by atoms with Crippen LogP contribution >= 0.6 is 12.4 Å². The zero-order valence-corrected chi connectivity index (χ0v) is 13.3. The van der Waals surface area contributed by atoms with Crippen LogP contribution in [0.4, 0.5) is 13.2 Å². The standard InChI is InChI=1S/C14H19F3N2O2.ClH/c1-9(18-3)8-19-13(20)10(2)21-12-7-5-4-6-11(12)14(15,16)17;/h4-7,9-10,18H,8H2,1-3H3,(H,19,20);1H. The zero-order chi connectivity index (χ0) is 16.0. The number of halogens is 4. The van der Waals surface area contributed by atoms with Crippen LogP contribution in [-0.2, 0) is 11.0 Å². The van der Waals surface area contributed by atoms with Gasteiger partial charge < -0.3 is 15.4 Å². The molecule has 0 fully saturated rings. The average Bonchev–Trinajstić information content (AvgIpc) is 2.43. The summed E-state index contributed by atoms with van der Waals surface area (Å²) in [4.78, 5) is 11.8. The number of benzene rings is 1. The van der Waals surface area contributed by atoms with E-state index in [0.29, 0.717) is 6.54 Å². The highest BCUT2D eigenvalue weighted by Crippen LogP contribution is 2.36. The Bertz CT molecular complexity index is 483. The molecule has 2 N–H and O–H groups in total. The molecule has 0 heterocycles. The number of hydrogen-bond acceptors (Lipinski definition) is 3. The Kier molecular flexibility index (Phi) is 8.26. The number of hydrogen-bond donors (Lipinski definition) is 2. The fourth-order valence-electron chi connectivity index (χ4n) is 1.55. The second-order valence-electron chi connectivity index (χ2n) is 4.69. The molecule has 0 saturated heterocycles. The van der Waals surface area contributed by atoms with Crippen LogP contribution in [0, 0.1) is 0 Å². The van der Waals surface area contributed by atoms with Gasteiger partial charge in [-0.25, -0.2) is 0 Å². The lowest BCUT2D eigenvalue weighted by Crippen LogP contribution is -2.42. The number of para-hydroxylation sites is 1. The number of ether oxygens (including phenoxy) is 1. The maximum atomic E-state index is 12.8. The van der Waals surface area contributed by atoms with Crippen molar-refractivity contribution in [3.8, 4) is 5.75 Å². The first-order valence-corrected chi connectivity index (χ1v) is 6.53. The highest BCUT2D eigenvalue weighted by atomic mass is 35.5. The Hall–Kier alpha value is -1.47. The van der Waals surface area contributed by atoms with E-state index >= 15 is 0 Å². The van der Waals surface area contributed by atoms with Gasteiger partial charge in [-0.15, -0.1) is 12.4 Å². The van der Waals surface area contributed by atoms with E-state index in [1.165, 1.54) is 25.1 Å². The SMILES string of the molecule is CNC(C)CNC(=O)C(C)Oc1ccccc1C(F)(F)F.Cl. The van der Waals surface area contributed by atoms with Gasteiger partial charge in [-0.1, -0.05) is 12.1 Å². The fraction of sp³-hybridized carbons (Fsp3) is 0.500. The van der Waals surface area contributed by atoms with Crippen molar-refractivity contribution in [1.29, 1.82) is 0 Å². The molecule has 0 aliphatic carbocycles. The number of rotatable bonds is 6. The summed E-state index contributed by atoms with van der Waals surface area (Å²) in [5.41, 5.74) is -0.895. The van der Waals surface area contributed by atoms with E-state index in [1.54, 1.807) is 7.05 Å². The first-order chi connectivity index (χ1) is 9.75. The van der Waals surface area contributed by atoms with Crippen molar-refractivity contribution in [3.63, 3.8) is 0 Å². The van der Waals surface area contributed by atoms with Gasteiger partial charge in [0.2, 0.25) is 0 Å². The predicted molar refractivity (Wildman–Crippen MR) is 80.3 cm³/mol. The molecule has 2 atom stereocenters. The molecule has 126 valence electrons. The van der Waals surface area contributed by atoms with Gasteiger partial charge in [-0.3, -0.25) is 4.79 Å². The summed E-state index contributed by atoms with van der Waals surface area (Å²) >= 11 is 0. The van der Waals surface area contributed by atoms with E-state index in [9.17, 15) is 18.0 Å². The topological polar surface area (TPSA) is 50.4 Å². The normalized spacial score (nSPS) is 13.7. The van der Waals surface area contributed by atoms with Crippen LogP contribution in [0.5, 0.6) is 5.75 Å². The monoisotopic (exact) mass is 340 g/mol. The van der Waals surface area contributed by atoms with Crippen molar-refractivity contribution in [1.82, 2.24) is 10.6 Å². The molecule has 0 aromatic heterocycles. The van der Waals surface area contributed by atoms with Gasteiger partial charge in [-0.05, 0) is 33.0 Å². The number of nitrogens with one attached hydrogen (secondary N) is 2. The minimum Gasteiger partial charge on any atom is -0.480 e. The smallest absolute Gasteiger partial charge is 0.419 e. The Morgan fingerprint density at radius 2 is 1.86 bits per heavy atom. The van der Waals surface area contributed by atoms with Crippen molar-refractivity contribution < 1.29 is 22.7 Å². The maximum absolute atomic E-state index is 12.8. The van der Waals surface area contributed by atoms with E-state index in [2.05, 4.69) is 10.6 Å². The minimum absolute atomic E-state index is 0. The van der Waals surface area contributed by atoms with Gasteiger partial charge in [0.15, 0.2) is 6.10 Å². The molecule has 22 heavy (non-hydrogen) atoms. The van der Waals surface area contributed by atoms with Crippen LogP contribution in [0.3, 0.4) is 0 Å². The van der Waals surface area contributed by atoms with Crippen LogP contribution in [0.25, 0.3) is 0 Å². The van der Waals surface area contributed by atoms with Crippen LogP contribution in [0.2, 0.25) is 0 Å². The fourth-order valence-corrected chi connectivity index (χ4v) is 1.55. The van der Waals surface area contributed by atoms with Crippen LogP contribution in [-0.4, -0.2) is 31.6 Å². The van der Waals surface area contributed by atoms with Gasteiger partial charge in [0.05, 0.1) is 5.56 Å². The maximum Gasteiger partial charge on any atom is 0.419 e. The molecular formula is C14H20ClF3N2O2. The summed E-state index contributed by atoms with van der Waals surface area (Å²) in [6.07, 6.45) is -5.54. The lowest BCUT2D eigenvalue weighted by atomic mass is 10.2. The molecule has 2 unspecified atom stereocenters. The average molecular weight is 341 g/mol. The lowest BCUT2D eigenvalue weighted by Gasteiger charge is -2.19. The van der Waals surface area contributed by atoms with Gasteiger partial charge in [-0.2, -0.15) is 13.2 Å². The molecule has 1 amide bonds. The number of carbonyl (C=O) groups is 1. The third kappa shape index (κ3) is 6.11. The van der Waals surface area contributed by atoms with Crippen molar-refractivity contribution in [2.45, 2.75) is 32.2 Å². The van der Waals surface area contributed by atoms with E-state index < -0.39 is 23.8 Å². The van der Waals surface area contributed by atoms with Gasteiger partial charge in [0.1, 0.15) is 5.75 Å². The second-order valence-corrected chi connectivity index (χ2v) is 4.69. The van der Waals surface area contributed by atoms with Crippen molar-refractivity contribution in [2.24, 2.45) is 0 Å². The Morgan fingerprint density at radius 1 is 1.27 bits per heavy atom. The highest BCUT2D eigenvalue weighted by molar-refractivity contribution is 5.85. The first-order valence-electron chi connectivity index (χ1n) is 6.53. The molecule has 0 radical (unpaired) electrons. The number of likely N-dealkylation sites (N-methyl/N-ethyl adjacent to an activating group) is 1. The Balaban J connectivity index is 0.00000441. The largest absolute Gasteiger partial charge is 0.480 e. The second kappa shape index (κ2) is 8.85. The zero-order valence-electron chi connectivity index (χ0n) is 12.5. The molecule has 8 heteroatoms. The molecule has 1 aromatic carbocycles. The molecule has 1 rings (SSSR count). The van der Waals surface area contributed by atoms with Crippen LogP contribution in [0.1, 0.15) is 19.4 Å². The quantitative estimate of drug-likeness (QED) is 0.837. The number of alkyl halides is 3. The van der Waals surface area contributed by atoms with E-state index in [4.69, 9.17) is 4.74 Å². The summed E-state index contributed by atoms with van der Waals surface area (Å²) in [7, 11) is 1.75. The molecular weight excluding hydrogens is 321 g/mol. The Labute approximate surface area is 133 Å². The summed E-state index contributed by atoms with van der Waals surface area (Å²) < 4.78 is 43.6. The van der Waals surface area contributed by atoms with Crippen LogP contribution in [0.15, 0.2) is 24.3 Å². The summed E-state index contributed by atoms with van der Waals surface area (Å²) in [6, 6.07) is 4.88. The summed E-state index contributed by atoms with van der Waals surface area (Å²) in [5, 5.41) is 5.54. The first kappa shape index (κ1) is 20.5. The molecule has 0 aliphatic rings. The van der Waals surface area contributed by atoms with Gasteiger partial charge in [0, 0.05) is 12.6 Å². The molecule has 1 aromatic rings.